The van der Waals surface area contributed by atoms with E-state index in [1.54, 1.807) is 24.3 Å². The molecule has 2 aromatic rings. The Morgan fingerprint density at radius 3 is 1.80 bits per heavy atom. The summed E-state index contributed by atoms with van der Waals surface area (Å²) in [5, 5.41) is 11.6. The summed E-state index contributed by atoms with van der Waals surface area (Å²) in [4.78, 5) is 0. The SMILES string of the molecule is ONCc1ccc(Nc2ccc(C(F)(F)F)cc2)cc1. The van der Waals surface area contributed by atoms with Crippen LogP contribution in [0.1, 0.15) is 11.1 Å². The molecule has 3 nitrogen and oxygen atoms in total. The van der Waals surface area contributed by atoms with Crippen molar-refractivity contribution in [2.75, 3.05) is 5.32 Å². The number of hydroxylamine groups is 1. The van der Waals surface area contributed by atoms with Gasteiger partial charge in [-0.1, -0.05) is 12.1 Å². The second-order valence-corrected chi connectivity index (χ2v) is 4.23. The van der Waals surface area contributed by atoms with Crippen molar-refractivity contribution >= 4 is 11.4 Å². The van der Waals surface area contributed by atoms with Crippen LogP contribution in [0.3, 0.4) is 0 Å². The highest BCUT2D eigenvalue weighted by Gasteiger charge is 2.29. The van der Waals surface area contributed by atoms with Gasteiger partial charge in [-0.2, -0.15) is 13.2 Å². The van der Waals surface area contributed by atoms with Crippen LogP contribution in [-0.2, 0) is 12.7 Å². The van der Waals surface area contributed by atoms with Crippen LogP contribution in [0.25, 0.3) is 0 Å². The molecule has 0 radical (unpaired) electrons. The molecule has 0 spiro atoms. The molecule has 0 aliphatic rings. The molecule has 0 saturated heterocycles. The number of anilines is 2. The number of benzene rings is 2. The van der Waals surface area contributed by atoms with Crippen LogP contribution in [0.4, 0.5) is 24.5 Å². The maximum atomic E-state index is 12.4. The van der Waals surface area contributed by atoms with Crippen molar-refractivity contribution in [1.29, 1.82) is 0 Å². The number of nitrogens with one attached hydrogen (secondary N) is 2. The number of rotatable bonds is 4. The lowest BCUT2D eigenvalue weighted by Crippen LogP contribution is -2.05. The quantitative estimate of drug-likeness (QED) is 0.744. The van der Waals surface area contributed by atoms with Gasteiger partial charge in [-0.25, -0.2) is 5.48 Å². The molecule has 2 rings (SSSR count). The van der Waals surface area contributed by atoms with E-state index in [1.165, 1.54) is 12.1 Å². The van der Waals surface area contributed by atoms with E-state index in [0.29, 0.717) is 12.2 Å². The van der Waals surface area contributed by atoms with E-state index >= 15 is 0 Å². The molecule has 6 heteroatoms. The minimum atomic E-state index is -4.32. The Balaban J connectivity index is 2.06. The predicted octanol–water partition coefficient (Wildman–Crippen LogP) is 3.93. The van der Waals surface area contributed by atoms with Gasteiger partial charge in [0.15, 0.2) is 0 Å². The molecule has 0 heterocycles. The molecule has 3 N–H and O–H groups in total. The molecule has 0 fully saturated rings. The average molecular weight is 282 g/mol. The molecule has 0 aromatic heterocycles. The van der Waals surface area contributed by atoms with Gasteiger partial charge in [0.1, 0.15) is 0 Å². The molecule has 20 heavy (non-hydrogen) atoms. The topological polar surface area (TPSA) is 44.3 Å². The highest BCUT2D eigenvalue weighted by molar-refractivity contribution is 5.60. The van der Waals surface area contributed by atoms with Crippen molar-refractivity contribution in [3.63, 3.8) is 0 Å². The Hall–Kier alpha value is -2.05. The number of hydrogen-bond acceptors (Lipinski definition) is 3. The summed E-state index contributed by atoms with van der Waals surface area (Å²) < 4.78 is 37.3. The zero-order valence-electron chi connectivity index (χ0n) is 10.4. The van der Waals surface area contributed by atoms with Crippen molar-refractivity contribution in [2.45, 2.75) is 12.7 Å². The lowest BCUT2D eigenvalue weighted by atomic mass is 10.2. The monoisotopic (exact) mass is 282 g/mol. The standard InChI is InChI=1S/C14H13F3N2O/c15-14(16,17)11-3-7-13(8-4-11)19-12-5-1-10(2-6-12)9-18-20/h1-8,18-20H,9H2. The lowest BCUT2D eigenvalue weighted by molar-refractivity contribution is -0.137. The summed E-state index contributed by atoms with van der Waals surface area (Å²) in [5.41, 5.74) is 3.60. The Morgan fingerprint density at radius 1 is 0.850 bits per heavy atom. The van der Waals surface area contributed by atoms with Gasteiger partial charge in [0.2, 0.25) is 0 Å². The third kappa shape index (κ3) is 3.72. The molecule has 0 aliphatic heterocycles. The van der Waals surface area contributed by atoms with Crippen molar-refractivity contribution in [3.05, 3.63) is 59.7 Å². The first-order valence-electron chi connectivity index (χ1n) is 5.89. The van der Waals surface area contributed by atoms with Gasteiger partial charge < -0.3 is 10.5 Å². The number of hydrogen-bond donors (Lipinski definition) is 3. The minimum absolute atomic E-state index is 0.334. The summed E-state index contributed by atoms with van der Waals surface area (Å²) in [6, 6.07) is 12.0. The van der Waals surface area contributed by atoms with Crippen molar-refractivity contribution < 1.29 is 18.4 Å². The Morgan fingerprint density at radius 2 is 1.35 bits per heavy atom. The fourth-order valence-electron chi connectivity index (χ4n) is 1.71. The third-order valence-electron chi connectivity index (χ3n) is 2.74. The summed E-state index contributed by atoms with van der Waals surface area (Å²) in [6.45, 7) is 0.334. The molecule has 2 aromatic carbocycles. The van der Waals surface area contributed by atoms with Gasteiger partial charge in [-0.05, 0) is 42.0 Å². The molecule has 0 atom stereocenters. The van der Waals surface area contributed by atoms with Crippen molar-refractivity contribution in [1.82, 2.24) is 5.48 Å². The largest absolute Gasteiger partial charge is 0.416 e. The van der Waals surface area contributed by atoms with E-state index in [4.69, 9.17) is 5.21 Å². The number of alkyl halides is 3. The Bertz CT molecular complexity index is 550. The molecule has 0 bridgehead atoms. The summed E-state index contributed by atoms with van der Waals surface area (Å²) in [6.07, 6.45) is -4.32. The Kier molecular flexibility index (Phi) is 4.26. The first-order valence-corrected chi connectivity index (χ1v) is 5.89. The van der Waals surface area contributed by atoms with Gasteiger partial charge in [0, 0.05) is 17.9 Å². The van der Waals surface area contributed by atoms with Crippen LogP contribution in [0, 0.1) is 0 Å². The van der Waals surface area contributed by atoms with E-state index in [-0.39, 0.29) is 0 Å². The average Bonchev–Trinajstić information content (AvgIpc) is 2.41. The van der Waals surface area contributed by atoms with Crippen LogP contribution in [-0.4, -0.2) is 5.21 Å². The lowest BCUT2D eigenvalue weighted by Gasteiger charge is -2.10. The second-order valence-electron chi connectivity index (χ2n) is 4.23. The summed E-state index contributed by atoms with van der Waals surface area (Å²) >= 11 is 0. The van der Waals surface area contributed by atoms with Crippen LogP contribution in [0.5, 0.6) is 0 Å². The van der Waals surface area contributed by atoms with Gasteiger partial charge in [0.25, 0.3) is 0 Å². The first kappa shape index (κ1) is 14.4. The molecule has 0 amide bonds. The van der Waals surface area contributed by atoms with Gasteiger partial charge in [0.05, 0.1) is 5.56 Å². The summed E-state index contributed by atoms with van der Waals surface area (Å²) in [5.74, 6) is 0. The minimum Gasteiger partial charge on any atom is -0.356 e. The normalized spacial score (nSPS) is 11.4. The van der Waals surface area contributed by atoms with Crippen molar-refractivity contribution in [3.8, 4) is 0 Å². The zero-order valence-corrected chi connectivity index (χ0v) is 10.4. The summed E-state index contributed by atoms with van der Waals surface area (Å²) in [7, 11) is 0. The molecular formula is C14H13F3N2O. The highest BCUT2D eigenvalue weighted by atomic mass is 19.4. The van der Waals surface area contributed by atoms with Crippen LogP contribution < -0.4 is 10.8 Å². The van der Waals surface area contributed by atoms with Crippen LogP contribution in [0.2, 0.25) is 0 Å². The highest BCUT2D eigenvalue weighted by Crippen LogP contribution is 2.30. The van der Waals surface area contributed by atoms with E-state index in [0.717, 1.165) is 23.4 Å². The fraction of sp³-hybridized carbons (Fsp3) is 0.143. The van der Waals surface area contributed by atoms with Crippen molar-refractivity contribution in [2.24, 2.45) is 0 Å². The zero-order chi connectivity index (χ0) is 14.6. The molecule has 106 valence electrons. The Labute approximate surface area is 114 Å². The first-order chi connectivity index (χ1) is 9.49. The predicted molar refractivity (Wildman–Crippen MR) is 69.8 cm³/mol. The third-order valence-corrected chi connectivity index (χ3v) is 2.74. The van der Waals surface area contributed by atoms with Gasteiger partial charge in [-0.3, -0.25) is 0 Å². The van der Waals surface area contributed by atoms with Crippen LogP contribution >= 0.6 is 0 Å². The molecule has 0 aliphatic carbocycles. The maximum Gasteiger partial charge on any atom is 0.416 e. The van der Waals surface area contributed by atoms with E-state index in [9.17, 15) is 13.2 Å². The number of halogens is 3. The maximum absolute atomic E-state index is 12.4. The van der Waals surface area contributed by atoms with E-state index in [2.05, 4.69) is 5.32 Å². The molecule has 0 unspecified atom stereocenters. The second kappa shape index (κ2) is 5.94. The van der Waals surface area contributed by atoms with E-state index in [1.807, 2.05) is 5.48 Å². The van der Waals surface area contributed by atoms with Gasteiger partial charge >= 0.3 is 6.18 Å². The van der Waals surface area contributed by atoms with E-state index < -0.39 is 11.7 Å². The smallest absolute Gasteiger partial charge is 0.356 e. The van der Waals surface area contributed by atoms with Gasteiger partial charge in [-0.15, -0.1) is 0 Å². The fourth-order valence-corrected chi connectivity index (χ4v) is 1.71. The van der Waals surface area contributed by atoms with Crippen LogP contribution in [0.15, 0.2) is 48.5 Å². The molecular weight excluding hydrogens is 269 g/mol. The molecule has 0 saturated carbocycles.